The van der Waals surface area contributed by atoms with Crippen LogP contribution in [0.25, 0.3) is 0 Å². The number of aliphatic imine (C=N–C) groups is 1. The molecular formula is C12H20N2. The van der Waals surface area contributed by atoms with Crippen LogP contribution in [0.4, 0.5) is 5.69 Å². The fraction of sp³-hybridized carbons (Fsp3) is 0.417. The molecule has 2 heteroatoms. The first-order valence-electron chi connectivity index (χ1n) is 5.10. The predicted molar refractivity (Wildman–Crippen MR) is 64.5 cm³/mol. The number of aromatic amines is 1. The lowest BCUT2D eigenvalue weighted by Gasteiger charge is -1.91. The molecule has 1 aromatic heterocycles. The molecule has 0 aliphatic carbocycles. The molecule has 0 amide bonds. The number of hydrogen-bond acceptors (Lipinski definition) is 1. The van der Waals surface area contributed by atoms with E-state index >= 15 is 0 Å². The third-order valence-corrected chi connectivity index (χ3v) is 1.77. The van der Waals surface area contributed by atoms with Crippen LogP contribution >= 0.6 is 0 Å². The van der Waals surface area contributed by atoms with E-state index in [0.717, 1.165) is 23.4 Å². The lowest BCUT2D eigenvalue weighted by atomic mass is 10.2. The summed E-state index contributed by atoms with van der Waals surface area (Å²) in [5.74, 6) is 0. The minimum atomic E-state index is 0.951. The van der Waals surface area contributed by atoms with E-state index in [9.17, 15) is 0 Å². The van der Waals surface area contributed by atoms with Gasteiger partial charge in [0.15, 0.2) is 0 Å². The van der Waals surface area contributed by atoms with Crippen molar-refractivity contribution in [3.05, 3.63) is 30.1 Å². The van der Waals surface area contributed by atoms with Crippen molar-refractivity contribution in [1.29, 1.82) is 0 Å². The Bertz CT molecular complexity index is 295. The maximum Gasteiger partial charge on any atom is 0.0833 e. The summed E-state index contributed by atoms with van der Waals surface area (Å²) in [5.41, 5.74) is 3.13. The summed E-state index contributed by atoms with van der Waals surface area (Å²) < 4.78 is 0. The highest BCUT2D eigenvalue weighted by Gasteiger charge is 1.93. The van der Waals surface area contributed by atoms with E-state index in [1.54, 1.807) is 0 Å². The first-order chi connectivity index (χ1) is 6.74. The number of allylic oxidation sites excluding steroid dienone is 1. The molecule has 1 aromatic rings. The van der Waals surface area contributed by atoms with Crippen LogP contribution in [-0.2, 0) is 0 Å². The Kier molecular flexibility index (Phi) is 6.46. The van der Waals surface area contributed by atoms with Gasteiger partial charge in [0.1, 0.15) is 0 Å². The molecule has 1 N–H and O–H groups in total. The summed E-state index contributed by atoms with van der Waals surface area (Å²) in [7, 11) is 0. The summed E-state index contributed by atoms with van der Waals surface area (Å²) in [6, 6.07) is 1.95. The number of aromatic nitrogens is 1. The zero-order valence-electron chi connectivity index (χ0n) is 9.59. The Morgan fingerprint density at radius 2 is 2.21 bits per heavy atom. The molecule has 0 spiro atoms. The van der Waals surface area contributed by atoms with Crippen LogP contribution in [0, 0.1) is 6.92 Å². The molecule has 0 radical (unpaired) electrons. The van der Waals surface area contributed by atoms with Gasteiger partial charge in [0.2, 0.25) is 0 Å². The second kappa shape index (κ2) is 7.13. The second-order valence-corrected chi connectivity index (χ2v) is 2.76. The van der Waals surface area contributed by atoms with Crippen molar-refractivity contribution in [2.24, 2.45) is 4.99 Å². The molecule has 0 aliphatic rings. The molecule has 0 saturated heterocycles. The van der Waals surface area contributed by atoms with Gasteiger partial charge in [-0.1, -0.05) is 27.4 Å². The van der Waals surface area contributed by atoms with Crippen molar-refractivity contribution in [1.82, 2.24) is 4.98 Å². The Labute approximate surface area is 86.8 Å². The molecule has 1 rings (SSSR count). The number of aryl methyl sites for hydroxylation is 1. The van der Waals surface area contributed by atoms with E-state index in [2.05, 4.69) is 23.5 Å². The van der Waals surface area contributed by atoms with Gasteiger partial charge in [-0.05, 0) is 25.0 Å². The predicted octanol–water partition coefficient (Wildman–Crippen LogP) is 4.02. The smallest absolute Gasteiger partial charge is 0.0833 e. The van der Waals surface area contributed by atoms with Gasteiger partial charge in [0, 0.05) is 18.1 Å². The lowest BCUT2D eigenvalue weighted by Crippen LogP contribution is -1.78. The molecule has 0 atom stereocenters. The maximum absolute atomic E-state index is 4.28. The number of nitrogens with zero attached hydrogens (tertiary/aromatic N) is 1. The fourth-order valence-corrected chi connectivity index (χ4v) is 0.837. The normalized spacial score (nSPS) is 9.71. The number of H-pyrrole nitrogens is 1. The summed E-state index contributed by atoms with van der Waals surface area (Å²) in [6.45, 7) is 11.9. The van der Waals surface area contributed by atoms with Gasteiger partial charge in [0.25, 0.3) is 0 Å². The van der Waals surface area contributed by atoms with E-state index in [-0.39, 0.29) is 0 Å². The molecule has 14 heavy (non-hydrogen) atoms. The SMILES string of the molecule is C=C(C=Nc1cc[nH]c1C)CC.CC. The monoisotopic (exact) mass is 192 g/mol. The molecule has 2 nitrogen and oxygen atoms in total. The molecule has 78 valence electrons. The van der Waals surface area contributed by atoms with E-state index in [1.807, 2.05) is 39.2 Å². The Hall–Kier alpha value is -1.31. The Balaban J connectivity index is 0.000000791. The highest BCUT2D eigenvalue weighted by Crippen LogP contribution is 2.15. The van der Waals surface area contributed by atoms with E-state index < -0.39 is 0 Å². The molecule has 0 aromatic carbocycles. The van der Waals surface area contributed by atoms with Crippen LogP contribution < -0.4 is 0 Å². The number of nitrogens with one attached hydrogen (secondary N) is 1. The highest BCUT2D eigenvalue weighted by molar-refractivity contribution is 5.80. The van der Waals surface area contributed by atoms with Crippen molar-refractivity contribution in [2.75, 3.05) is 0 Å². The van der Waals surface area contributed by atoms with Crippen molar-refractivity contribution in [3.63, 3.8) is 0 Å². The molecule has 0 unspecified atom stereocenters. The lowest BCUT2D eigenvalue weighted by molar-refractivity contribution is 1.19. The van der Waals surface area contributed by atoms with E-state index in [0.29, 0.717) is 0 Å². The summed E-state index contributed by atoms with van der Waals surface area (Å²) in [6.07, 6.45) is 4.65. The van der Waals surface area contributed by atoms with Crippen molar-refractivity contribution >= 4 is 11.9 Å². The Morgan fingerprint density at radius 1 is 1.57 bits per heavy atom. The average molecular weight is 192 g/mol. The van der Waals surface area contributed by atoms with Crippen molar-refractivity contribution in [2.45, 2.75) is 34.1 Å². The molecule has 0 bridgehead atoms. The van der Waals surface area contributed by atoms with Crippen molar-refractivity contribution < 1.29 is 0 Å². The molecule has 0 aliphatic heterocycles. The van der Waals surface area contributed by atoms with Gasteiger partial charge in [-0.3, -0.25) is 4.99 Å². The number of rotatable bonds is 3. The van der Waals surface area contributed by atoms with E-state index in [4.69, 9.17) is 0 Å². The molecular weight excluding hydrogens is 172 g/mol. The van der Waals surface area contributed by atoms with Crippen LogP contribution in [0.3, 0.4) is 0 Å². The third kappa shape index (κ3) is 4.08. The van der Waals surface area contributed by atoms with E-state index in [1.165, 1.54) is 0 Å². The van der Waals surface area contributed by atoms with Crippen LogP contribution in [0.1, 0.15) is 32.9 Å². The standard InChI is InChI=1S/C10H14N2.C2H6/c1-4-8(2)7-12-10-5-6-11-9(10)3;1-2/h5-7,11H,2,4H2,1,3H3;1-2H3. The number of hydrogen-bond donors (Lipinski definition) is 1. The van der Waals surface area contributed by atoms with Gasteiger partial charge in [-0.15, -0.1) is 0 Å². The molecule has 1 heterocycles. The zero-order chi connectivity index (χ0) is 11.0. The van der Waals surface area contributed by atoms with Crippen LogP contribution in [-0.4, -0.2) is 11.2 Å². The first-order valence-corrected chi connectivity index (χ1v) is 5.10. The quantitative estimate of drug-likeness (QED) is 0.701. The second-order valence-electron chi connectivity index (χ2n) is 2.76. The minimum absolute atomic E-state index is 0.951. The third-order valence-electron chi connectivity index (χ3n) is 1.77. The maximum atomic E-state index is 4.28. The molecule has 0 fully saturated rings. The zero-order valence-corrected chi connectivity index (χ0v) is 9.59. The first kappa shape index (κ1) is 12.7. The topological polar surface area (TPSA) is 28.1 Å². The highest BCUT2D eigenvalue weighted by atomic mass is 14.8. The Morgan fingerprint density at radius 3 is 2.64 bits per heavy atom. The fourth-order valence-electron chi connectivity index (χ4n) is 0.837. The van der Waals surface area contributed by atoms with Gasteiger partial charge < -0.3 is 4.98 Å². The van der Waals surface area contributed by atoms with Gasteiger partial charge >= 0.3 is 0 Å². The van der Waals surface area contributed by atoms with Gasteiger partial charge in [-0.2, -0.15) is 0 Å². The minimum Gasteiger partial charge on any atom is -0.363 e. The van der Waals surface area contributed by atoms with Gasteiger partial charge in [0.05, 0.1) is 5.69 Å². The largest absolute Gasteiger partial charge is 0.363 e. The van der Waals surface area contributed by atoms with Gasteiger partial charge in [-0.25, -0.2) is 0 Å². The van der Waals surface area contributed by atoms with Crippen LogP contribution in [0.15, 0.2) is 29.4 Å². The van der Waals surface area contributed by atoms with Crippen LogP contribution in [0.5, 0.6) is 0 Å². The summed E-state index contributed by atoms with van der Waals surface area (Å²) in [5, 5.41) is 0. The average Bonchev–Trinajstić information content (AvgIpc) is 2.63. The molecule has 0 saturated carbocycles. The summed E-state index contributed by atoms with van der Waals surface area (Å²) >= 11 is 0. The van der Waals surface area contributed by atoms with Crippen LogP contribution in [0.2, 0.25) is 0 Å². The van der Waals surface area contributed by atoms with Crippen molar-refractivity contribution in [3.8, 4) is 0 Å². The summed E-state index contributed by atoms with van der Waals surface area (Å²) in [4.78, 5) is 7.35.